The average Bonchev–Trinajstić information content (AvgIpc) is 2.34. The molecule has 0 bridgehead atoms. The van der Waals surface area contributed by atoms with E-state index in [0.29, 0.717) is 17.1 Å². The second kappa shape index (κ2) is 4.79. The number of anilines is 2. The Morgan fingerprint density at radius 1 is 1.33 bits per heavy atom. The summed E-state index contributed by atoms with van der Waals surface area (Å²) in [6.07, 6.45) is 1.17. The van der Waals surface area contributed by atoms with Crippen molar-refractivity contribution in [3.8, 4) is 0 Å². The van der Waals surface area contributed by atoms with Gasteiger partial charge in [0.15, 0.2) is 0 Å². The molecule has 0 atom stereocenters. The molecule has 0 aliphatic rings. The molecule has 1 aromatic carbocycles. The molecular formula is C12H10FN3O2. The first-order valence-corrected chi connectivity index (χ1v) is 5.20. The Morgan fingerprint density at radius 3 is 2.67 bits per heavy atom. The SMILES string of the molecule is Cc1cc(Nc2ccc([N+](=O)[O-])cn2)ccc1F. The van der Waals surface area contributed by atoms with Crippen molar-refractivity contribution >= 4 is 17.2 Å². The lowest BCUT2D eigenvalue weighted by Crippen LogP contribution is -1.96. The fourth-order valence-corrected chi connectivity index (χ4v) is 1.44. The molecule has 0 spiro atoms. The molecule has 2 aromatic rings. The van der Waals surface area contributed by atoms with Crippen LogP contribution < -0.4 is 5.32 Å². The van der Waals surface area contributed by atoms with Crippen LogP contribution >= 0.6 is 0 Å². The molecule has 92 valence electrons. The molecule has 0 amide bonds. The molecule has 0 aliphatic heterocycles. The predicted octanol–water partition coefficient (Wildman–Crippen LogP) is 3.18. The minimum Gasteiger partial charge on any atom is -0.340 e. The lowest BCUT2D eigenvalue weighted by atomic mass is 10.2. The summed E-state index contributed by atoms with van der Waals surface area (Å²) in [6, 6.07) is 7.41. The molecular weight excluding hydrogens is 237 g/mol. The topological polar surface area (TPSA) is 68.1 Å². The van der Waals surface area contributed by atoms with E-state index in [1.165, 1.54) is 24.4 Å². The van der Waals surface area contributed by atoms with E-state index in [1.807, 2.05) is 0 Å². The maximum Gasteiger partial charge on any atom is 0.287 e. The van der Waals surface area contributed by atoms with Crippen LogP contribution in [0.3, 0.4) is 0 Å². The third-order valence-corrected chi connectivity index (χ3v) is 2.39. The highest BCUT2D eigenvalue weighted by atomic mass is 19.1. The Balaban J connectivity index is 2.18. The zero-order valence-corrected chi connectivity index (χ0v) is 9.55. The molecule has 6 heteroatoms. The van der Waals surface area contributed by atoms with Crippen LogP contribution in [0.2, 0.25) is 0 Å². The number of benzene rings is 1. The Morgan fingerprint density at radius 2 is 2.11 bits per heavy atom. The van der Waals surface area contributed by atoms with E-state index in [0.717, 1.165) is 0 Å². The van der Waals surface area contributed by atoms with Gasteiger partial charge in [0.2, 0.25) is 0 Å². The minimum absolute atomic E-state index is 0.0733. The van der Waals surface area contributed by atoms with Crippen molar-refractivity contribution in [1.29, 1.82) is 0 Å². The van der Waals surface area contributed by atoms with Gasteiger partial charge in [0.05, 0.1) is 4.92 Å². The number of nitrogens with zero attached hydrogens (tertiary/aromatic N) is 2. The van der Waals surface area contributed by atoms with Gasteiger partial charge in [-0.2, -0.15) is 0 Å². The van der Waals surface area contributed by atoms with Crippen molar-refractivity contribution < 1.29 is 9.31 Å². The zero-order valence-electron chi connectivity index (χ0n) is 9.55. The third-order valence-electron chi connectivity index (χ3n) is 2.39. The van der Waals surface area contributed by atoms with E-state index >= 15 is 0 Å². The molecule has 0 aliphatic carbocycles. The van der Waals surface area contributed by atoms with E-state index in [4.69, 9.17) is 0 Å². The fraction of sp³-hybridized carbons (Fsp3) is 0.0833. The maximum absolute atomic E-state index is 13.1. The summed E-state index contributed by atoms with van der Waals surface area (Å²) >= 11 is 0. The summed E-state index contributed by atoms with van der Waals surface area (Å²) in [6.45, 7) is 1.66. The first-order valence-electron chi connectivity index (χ1n) is 5.20. The quantitative estimate of drug-likeness (QED) is 0.668. The number of hydrogen-bond donors (Lipinski definition) is 1. The number of pyridine rings is 1. The molecule has 0 saturated carbocycles. The highest BCUT2D eigenvalue weighted by Crippen LogP contribution is 2.19. The number of halogens is 1. The lowest BCUT2D eigenvalue weighted by molar-refractivity contribution is -0.385. The Labute approximate surface area is 102 Å². The third kappa shape index (κ3) is 2.60. The highest BCUT2D eigenvalue weighted by molar-refractivity contribution is 5.57. The van der Waals surface area contributed by atoms with Crippen molar-refractivity contribution in [3.05, 3.63) is 58.0 Å². The highest BCUT2D eigenvalue weighted by Gasteiger charge is 2.05. The first-order chi connectivity index (χ1) is 8.56. The van der Waals surface area contributed by atoms with E-state index in [-0.39, 0.29) is 11.5 Å². The van der Waals surface area contributed by atoms with Gasteiger partial charge in [-0.3, -0.25) is 10.1 Å². The normalized spacial score (nSPS) is 10.1. The fourth-order valence-electron chi connectivity index (χ4n) is 1.44. The number of hydrogen-bond acceptors (Lipinski definition) is 4. The van der Waals surface area contributed by atoms with Gasteiger partial charge < -0.3 is 5.32 Å². The zero-order chi connectivity index (χ0) is 13.1. The molecule has 0 unspecified atom stereocenters. The average molecular weight is 247 g/mol. The van der Waals surface area contributed by atoms with Crippen molar-refractivity contribution in [3.63, 3.8) is 0 Å². The van der Waals surface area contributed by atoms with Crippen LogP contribution in [0.1, 0.15) is 5.56 Å². The molecule has 5 nitrogen and oxygen atoms in total. The Bertz CT molecular complexity index is 584. The smallest absolute Gasteiger partial charge is 0.287 e. The van der Waals surface area contributed by atoms with Gasteiger partial charge in [-0.1, -0.05) is 0 Å². The van der Waals surface area contributed by atoms with Crippen LogP contribution in [-0.4, -0.2) is 9.91 Å². The molecule has 18 heavy (non-hydrogen) atoms. The van der Waals surface area contributed by atoms with Crippen LogP contribution in [0, 0.1) is 22.9 Å². The molecule has 1 aromatic heterocycles. The number of rotatable bonds is 3. The molecule has 1 heterocycles. The number of aryl methyl sites for hydroxylation is 1. The number of nitrogens with one attached hydrogen (secondary N) is 1. The lowest BCUT2D eigenvalue weighted by Gasteiger charge is -2.06. The van der Waals surface area contributed by atoms with Gasteiger partial charge in [-0.05, 0) is 36.8 Å². The summed E-state index contributed by atoms with van der Waals surface area (Å²) in [7, 11) is 0. The van der Waals surface area contributed by atoms with Crippen LogP contribution in [0.15, 0.2) is 36.5 Å². The summed E-state index contributed by atoms with van der Waals surface area (Å²) in [5.74, 6) is 0.184. The Hall–Kier alpha value is -2.50. The van der Waals surface area contributed by atoms with Crippen LogP contribution in [-0.2, 0) is 0 Å². The summed E-state index contributed by atoms with van der Waals surface area (Å²) in [5, 5.41) is 13.4. The van der Waals surface area contributed by atoms with Crippen LogP contribution in [0.25, 0.3) is 0 Å². The molecule has 0 saturated heterocycles. The molecule has 0 fully saturated rings. The van der Waals surface area contributed by atoms with E-state index in [1.54, 1.807) is 19.1 Å². The second-order valence-corrected chi connectivity index (χ2v) is 3.75. The van der Waals surface area contributed by atoms with Gasteiger partial charge in [0.25, 0.3) is 5.69 Å². The standard InChI is InChI=1S/C12H10FN3O2/c1-8-6-9(2-4-11(8)13)15-12-5-3-10(7-14-12)16(17)18/h2-7H,1H3,(H,14,15). The summed E-state index contributed by atoms with van der Waals surface area (Å²) in [4.78, 5) is 13.8. The summed E-state index contributed by atoms with van der Waals surface area (Å²) in [5.41, 5.74) is 1.12. The second-order valence-electron chi connectivity index (χ2n) is 3.75. The molecule has 2 rings (SSSR count). The van der Waals surface area contributed by atoms with Gasteiger partial charge >= 0.3 is 0 Å². The Kier molecular flexibility index (Phi) is 3.18. The van der Waals surface area contributed by atoms with Gasteiger partial charge in [0, 0.05) is 11.8 Å². The van der Waals surface area contributed by atoms with Crippen molar-refractivity contribution in [2.45, 2.75) is 6.92 Å². The first kappa shape index (κ1) is 12.0. The predicted molar refractivity (Wildman–Crippen MR) is 65.3 cm³/mol. The van der Waals surface area contributed by atoms with Gasteiger partial charge in [0.1, 0.15) is 17.8 Å². The number of nitro groups is 1. The molecule has 0 radical (unpaired) electrons. The largest absolute Gasteiger partial charge is 0.340 e. The van der Waals surface area contributed by atoms with Crippen LogP contribution in [0.4, 0.5) is 21.6 Å². The van der Waals surface area contributed by atoms with Gasteiger partial charge in [-0.25, -0.2) is 9.37 Å². The van der Waals surface area contributed by atoms with E-state index in [2.05, 4.69) is 10.3 Å². The van der Waals surface area contributed by atoms with Crippen LogP contribution in [0.5, 0.6) is 0 Å². The van der Waals surface area contributed by atoms with E-state index in [9.17, 15) is 14.5 Å². The van der Waals surface area contributed by atoms with E-state index < -0.39 is 4.92 Å². The van der Waals surface area contributed by atoms with Gasteiger partial charge in [-0.15, -0.1) is 0 Å². The number of aromatic nitrogens is 1. The molecule has 1 N–H and O–H groups in total. The maximum atomic E-state index is 13.1. The minimum atomic E-state index is -0.515. The monoisotopic (exact) mass is 247 g/mol. The van der Waals surface area contributed by atoms with Crippen molar-refractivity contribution in [2.24, 2.45) is 0 Å². The van der Waals surface area contributed by atoms with Crippen molar-refractivity contribution in [2.75, 3.05) is 5.32 Å². The van der Waals surface area contributed by atoms with Crippen molar-refractivity contribution in [1.82, 2.24) is 4.98 Å². The summed E-state index contributed by atoms with van der Waals surface area (Å²) < 4.78 is 13.1.